The van der Waals surface area contributed by atoms with Gasteiger partial charge in [-0.25, -0.2) is 0 Å². The molecule has 1 aromatic heterocycles. The molecular formula is C28H31N3O3S. The standard InChI is InChI=1S/C28H31N3O3S/c1-19-9-10-20(2)23(14-19)28(32)30-16-26(33-3)27(17-30)34-22-7-4-6-21(15-22)18-35-31-13-11-24-25(31)8-5-12-29-24/h4-10,12,14-15,26-27H,11,13,16-18H2,1-3H3. The molecule has 3 heterocycles. The summed E-state index contributed by atoms with van der Waals surface area (Å²) in [5.41, 5.74) is 6.40. The minimum Gasteiger partial charge on any atom is -0.486 e. The van der Waals surface area contributed by atoms with Gasteiger partial charge in [-0.3, -0.25) is 9.78 Å². The lowest BCUT2D eigenvalue weighted by atomic mass is 10.0. The first-order valence-corrected chi connectivity index (χ1v) is 13.0. The smallest absolute Gasteiger partial charge is 0.254 e. The molecule has 2 atom stereocenters. The van der Waals surface area contributed by atoms with Gasteiger partial charge < -0.3 is 18.7 Å². The minimum atomic E-state index is -0.214. The molecule has 0 saturated carbocycles. The number of nitrogens with zero attached hydrogens (tertiary/aromatic N) is 3. The third-order valence-corrected chi connectivity index (χ3v) is 7.84. The Morgan fingerprint density at radius 3 is 2.80 bits per heavy atom. The van der Waals surface area contributed by atoms with Crippen LogP contribution in [0.15, 0.2) is 60.8 Å². The Labute approximate surface area is 211 Å². The van der Waals surface area contributed by atoms with Crippen molar-refractivity contribution in [3.8, 4) is 5.75 Å². The Kier molecular flexibility index (Phi) is 6.97. The predicted molar refractivity (Wildman–Crippen MR) is 140 cm³/mol. The van der Waals surface area contributed by atoms with Crippen LogP contribution in [-0.2, 0) is 16.9 Å². The molecule has 7 heteroatoms. The summed E-state index contributed by atoms with van der Waals surface area (Å²) >= 11 is 1.80. The number of likely N-dealkylation sites (tertiary alicyclic amines) is 1. The van der Waals surface area contributed by atoms with Gasteiger partial charge in [-0.05, 0) is 67.3 Å². The number of fused-ring (bicyclic) bond motifs is 1. The highest BCUT2D eigenvalue weighted by molar-refractivity contribution is 7.99. The second-order valence-electron chi connectivity index (χ2n) is 9.20. The summed E-state index contributed by atoms with van der Waals surface area (Å²) in [4.78, 5) is 19.6. The summed E-state index contributed by atoms with van der Waals surface area (Å²) < 4.78 is 14.4. The average molecular weight is 490 g/mol. The van der Waals surface area contributed by atoms with E-state index in [0.717, 1.165) is 41.2 Å². The lowest BCUT2D eigenvalue weighted by Crippen LogP contribution is -2.32. The van der Waals surface area contributed by atoms with E-state index in [1.165, 1.54) is 16.9 Å². The van der Waals surface area contributed by atoms with Gasteiger partial charge >= 0.3 is 0 Å². The Hall–Kier alpha value is -3.03. The van der Waals surface area contributed by atoms with Gasteiger partial charge in [0.05, 0.1) is 24.5 Å². The SMILES string of the molecule is COC1CN(C(=O)c2cc(C)ccc2C)CC1Oc1cccc(CSN2CCc3ncccc32)c1. The van der Waals surface area contributed by atoms with E-state index < -0.39 is 0 Å². The Bertz CT molecular complexity index is 1220. The van der Waals surface area contributed by atoms with Gasteiger partial charge in [-0.2, -0.15) is 0 Å². The van der Waals surface area contributed by atoms with Gasteiger partial charge in [0, 0.05) is 37.6 Å². The first-order chi connectivity index (χ1) is 17.0. The first-order valence-electron chi connectivity index (χ1n) is 12.0. The second-order valence-corrected chi connectivity index (χ2v) is 10.2. The maximum atomic E-state index is 13.2. The number of anilines is 1. The van der Waals surface area contributed by atoms with E-state index in [0.29, 0.717) is 13.1 Å². The number of hydrogen-bond acceptors (Lipinski definition) is 6. The van der Waals surface area contributed by atoms with Crippen LogP contribution in [0.4, 0.5) is 5.69 Å². The number of carbonyl (C=O) groups is 1. The molecule has 0 N–H and O–H groups in total. The summed E-state index contributed by atoms with van der Waals surface area (Å²) in [5.74, 6) is 1.69. The van der Waals surface area contributed by atoms with Crippen LogP contribution in [-0.4, -0.2) is 54.7 Å². The number of hydrogen-bond donors (Lipinski definition) is 0. The Morgan fingerprint density at radius 1 is 1.09 bits per heavy atom. The van der Waals surface area contributed by atoms with Crippen molar-refractivity contribution < 1.29 is 14.3 Å². The van der Waals surface area contributed by atoms with Gasteiger partial charge in [0.1, 0.15) is 18.0 Å². The van der Waals surface area contributed by atoms with Gasteiger partial charge in [0.15, 0.2) is 0 Å². The Morgan fingerprint density at radius 2 is 1.94 bits per heavy atom. The van der Waals surface area contributed by atoms with Gasteiger partial charge in [0.2, 0.25) is 0 Å². The highest BCUT2D eigenvalue weighted by Crippen LogP contribution is 2.33. The van der Waals surface area contributed by atoms with Gasteiger partial charge in [-0.1, -0.05) is 29.8 Å². The quantitative estimate of drug-likeness (QED) is 0.443. The molecule has 2 aliphatic heterocycles. The van der Waals surface area contributed by atoms with Crippen molar-refractivity contribution in [2.45, 2.75) is 38.2 Å². The largest absolute Gasteiger partial charge is 0.486 e. The van der Waals surface area contributed by atoms with Crippen molar-refractivity contribution in [2.24, 2.45) is 0 Å². The number of ether oxygens (including phenoxy) is 2. The molecule has 2 aliphatic rings. The molecule has 182 valence electrons. The maximum absolute atomic E-state index is 13.2. The predicted octanol–water partition coefficient (Wildman–Crippen LogP) is 4.83. The van der Waals surface area contributed by atoms with Crippen LogP contribution >= 0.6 is 11.9 Å². The number of aryl methyl sites for hydroxylation is 2. The molecule has 2 aromatic carbocycles. The van der Waals surface area contributed by atoms with Crippen molar-refractivity contribution >= 4 is 23.5 Å². The average Bonchev–Trinajstić information content (AvgIpc) is 3.48. The number of methoxy groups -OCH3 is 1. The van der Waals surface area contributed by atoms with E-state index >= 15 is 0 Å². The zero-order valence-corrected chi connectivity index (χ0v) is 21.3. The maximum Gasteiger partial charge on any atom is 0.254 e. The fourth-order valence-electron chi connectivity index (χ4n) is 4.73. The molecule has 1 saturated heterocycles. The number of carbonyl (C=O) groups excluding carboxylic acids is 1. The van der Waals surface area contributed by atoms with E-state index in [-0.39, 0.29) is 18.1 Å². The first kappa shape index (κ1) is 23.7. The molecule has 6 nitrogen and oxygen atoms in total. The minimum absolute atomic E-state index is 0.0323. The van der Waals surface area contributed by atoms with Crippen LogP contribution in [0.3, 0.4) is 0 Å². The van der Waals surface area contributed by atoms with E-state index in [9.17, 15) is 4.79 Å². The zero-order chi connectivity index (χ0) is 24.4. The molecule has 0 aliphatic carbocycles. The molecule has 1 fully saturated rings. The van der Waals surface area contributed by atoms with Crippen molar-refractivity contribution in [3.63, 3.8) is 0 Å². The van der Waals surface area contributed by atoms with Crippen LogP contribution in [0.5, 0.6) is 5.75 Å². The summed E-state index contributed by atoms with van der Waals surface area (Å²) in [6, 6.07) is 18.3. The number of benzene rings is 2. The second kappa shape index (κ2) is 10.3. The zero-order valence-electron chi connectivity index (χ0n) is 20.4. The molecule has 0 spiro atoms. The van der Waals surface area contributed by atoms with Crippen molar-refractivity contribution in [2.75, 3.05) is 31.0 Å². The number of pyridine rings is 1. The fraction of sp³-hybridized carbons (Fsp3) is 0.357. The molecule has 5 rings (SSSR count). The summed E-state index contributed by atoms with van der Waals surface area (Å²) in [6.07, 6.45) is 2.47. The Balaban J connectivity index is 1.23. The van der Waals surface area contributed by atoms with E-state index in [1.54, 1.807) is 19.1 Å². The number of aromatic nitrogens is 1. The normalized spacial score (nSPS) is 19.2. The highest BCUT2D eigenvalue weighted by atomic mass is 32.2. The molecule has 0 bridgehead atoms. The lowest BCUT2D eigenvalue weighted by molar-refractivity contribution is 0.0339. The number of rotatable bonds is 7. The molecule has 0 radical (unpaired) electrons. The van der Waals surface area contributed by atoms with Crippen LogP contribution < -0.4 is 9.04 Å². The topological polar surface area (TPSA) is 54.9 Å². The monoisotopic (exact) mass is 489 g/mol. The van der Waals surface area contributed by atoms with Crippen LogP contribution in [0.25, 0.3) is 0 Å². The van der Waals surface area contributed by atoms with Crippen molar-refractivity contribution in [1.29, 1.82) is 0 Å². The third kappa shape index (κ3) is 5.16. The molecule has 2 unspecified atom stereocenters. The summed E-state index contributed by atoms with van der Waals surface area (Å²) in [7, 11) is 1.68. The highest BCUT2D eigenvalue weighted by Gasteiger charge is 2.37. The molecular weight excluding hydrogens is 458 g/mol. The summed E-state index contributed by atoms with van der Waals surface area (Å²) in [6.45, 7) is 5.99. The van der Waals surface area contributed by atoms with Gasteiger partial charge in [-0.15, -0.1) is 0 Å². The fourth-order valence-corrected chi connectivity index (χ4v) is 5.74. The van der Waals surface area contributed by atoms with E-state index in [1.807, 2.05) is 61.3 Å². The summed E-state index contributed by atoms with van der Waals surface area (Å²) in [5, 5.41) is 0. The number of amides is 1. The van der Waals surface area contributed by atoms with Crippen LogP contribution in [0, 0.1) is 13.8 Å². The molecule has 3 aromatic rings. The van der Waals surface area contributed by atoms with Crippen molar-refractivity contribution in [1.82, 2.24) is 9.88 Å². The third-order valence-electron chi connectivity index (χ3n) is 6.69. The van der Waals surface area contributed by atoms with Gasteiger partial charge in [0.25, 0.3) is 5.91 Å². The van der Waals surface area contributed by atoms with Crippen molar-refractivity contribution in [3.05, 3.63) is 88.7 Å². The molecule has 35 heavy (non-hydrogen) atoms. The molecule has 1 amide bonds. The van der Waals surface area contributed by atoms with E-state index in [4.69, 9.17) is 9.47 Å². The van der Waals surface area contributed by atoms with Crippen LogP contribution in [0.2, 0.25) is 0 Å². The lowest BCUT2D eigenvalue weighted by Gasteiger charge is -2.20. The van der Waals surface area contributed by atoms with Crippen LogP contribution in [0.1, 0.15) is 32.7 Å². The van der Waals surface area contributed by atoms with E-state index in [2.05, 4.69) is 27.5 Å².